The summed E-state index contributed by atoms with van der Waals surface area (Å²) >= 11 is 0. The Morgan fingerprint density at radius 2 is 2.08 bits per heavy atom. The van der Waals surface area contributed by atoms with Gasteiger partial charge in [0.05, 0.1) is 17.8 Å². The molecular formula is C18H25N5O2. The maximum atomic E-state index is 12.4. The highest BCUT2D eigenvalue weighted by Crippen LogP contribution is 2.20. The van der Waals surface area contributed by atoms with Crippen LogP contribution in [0, 0.1) is 13.8 Å². The van der Waals surface area contributed by atoms with Crippen LogP contribution in [0.5, 0.6) is 0 Å². The van der Waals surface area contributed by atoms with Gasteiger partial charge >= 0.3 is 0 Å². The predicted molar refractivity (Wildman–Crippen MR) is 94.4 cm³/mol. The molecule has 1 fully saturated rings. The van der Waals surface area contributed by atoms with Crippen molar-refractivity contribution in [2.24, 2.45) is 0 Å². The minimum atomic E-state index is -0.745. The lowest BCUT2D eigenvalue weighted by molar-refractivity contribution is 0.0910. The predicted octanol–water partition coefficient (Wildman–Crippen LogP) is 1.28. The maximum absolute atomic E-state index is 12.4. The van der Waals surface area contributed by atoms with Crippen molar-refractivity contribution < 1.29 is 9.90 Å². The van der Waals surface area contributed by atoms with Crippen molar-refractivity contribution >= 4 is 5.91 Å². The quantitative estimate of drug-likeness (QED) is 0.761. The number of piperidine rings is 1. The van der Waals surface area contributed by atoms with Crippen LogP contribution in [0.25, 0.3) is 0 Å². The van der Waals surface area contributed by atoms with Gasteiger partial charge in [-0.1, -0.05) is 29.5 Å². The van der Waals surface area contributed by atoms with E-state index in [4.69, 9.17) is 0 Å². The highest BCUT2D eigenvalue weighted by molar-refractivity contribution is 5.93. The van der Waals surface area contributed by atoms with Crippen LogP contribution in [0.15, 0.2) is 24.3 Å². The summed E-state index contributed by atoms with van der Waals surface area (Å²) in [5, 5.41) is 24.6. The van der Waals surface area contributed by atoms with Crippen LogP contribution in [-0.2, 0) is 0 Å². The van der Waals surface area contributed by atoms with Crippen LogP contribution < -0.4 is 10.6 Å². The summed E-state index contributed by atoms with van der Waals surface area (Å²) in [7, 11) is 0. The lowest BCUT2D eigenvalue weighted by Gasteiger charge is -2.23. The standard InChI is InChI=1S/C18H25N5O2/c1-12-5-3-4-6-15(12)16(24)11-20-18(25)17-13(2)23(22-21-17)14-7-9-19-10-8-14/h3-6,14,16,19,24H,7-11H2,1-2H3,(H,20,25). The number of aliphatic hydroxyl groups is 1. The van der Waals surface area contributed by atoms with Gasteiger partial charge in [0, 0.05) is 6.54 Å². The Balaban J connectivity index is 1.64. The molecule has 0 spiro atoms. The first-order chi connectivity index (χ1) is 12.1. The van der Waals surface area contributed by atoms with Gasteiger partial charge in [-0.3, -0.25) is 4.79 Å². The third kappa shape index (κ3) is 3.88. The minimum absolute atomic E-state index is 0.142. The Morgan fingerprint density at radius 3 is 2.80 bits per heavy atom. The zero-order chi connectivity index (χ0) is 17.8. The molecule has 0 bridgehead atoms. The molecule has 1 aromatic heterocycles. The molecule has 1 saturated heterocycles. The summed E-state index contributed by atoms with van der Waals surface area (Å²) < 4.78 is 1.85. The molecule has 1 aliphatic heterocycles. The minimum Gasteiger partial charge on any atom is -0.387 e. The number of nitrogens with zero attached hydrogens (tertiary/aromatic N) is 3. The second kappa shape index (κ2) is 7.76. The van der Waals surface area contributed by atoms with Gasteiger partial charge in [0.2, 0.25) is 0 Å². The number of amides is 1. The molecule has 25 heavy (non-hydrogen) atoms. The van der Waals surface area contributed by atoms with Gasteiger partial charge in [0.15, 0.2) is 5.69 Å². The van der Waals surface area contributed by atoms with Crippen LogP contribution in [0.2, 0.25) is 0 Å². The van der Waals surface area contributed by atoms with Crippen molar-refractivity contribution in [2.45, 2.75) is 38.8 Å². The van der Waals surface area contributed by atoms with Gasteiger partial charge in [-0.2, -0.15) is 0 Å². The summed E-state index contributed by atoms with van der Waals surface area (Å²) in [6.07, 6.45) is 1.22. The molecule has 134 valence electrons. The second-order valence-corrected chi connectivity index (χ2v) is 6.53. The fourth-order valence-electron chi connectivity index (χ4n) is 3.29. The van der Waals surface area contributed by atoms with E-state index < -0.39 is 6.10 Å². The average molecular weight is 343 g/mol. The van der Waals surface area contributed by atoms with Crippen molar-refractivity contribution in [3.63, 3.8) is 0 Å². The second-order valence-electron chi connectivity index (χ2n) is 6.53. The first-order valence-electron chi connectivity index (χ1n) is 8.72. The number of aryl methyl sites for hydroxylation is 1. The van der Waals surface area contributed by atoms with Gasteiger partial charge in [0.25, 0.3) is 5.91 Å². The van der Waals surface area contributed by atoms with Crippen LogP contribution in [0.1, 0.15) is 52.3 Å². The Hall–Kier alpha value is -2.25. The number of hydrogen-bond donors (Lipinski definition) is 3. The largest absolute Gasteiger partial charge is 0.387 e. The summed E-state index contributed by atoms with van der Waals surface area (Å²) in [4.78, 5) is 12.4. The number of hydrogen-bond acceptors (Lipinski definition) is 5. The summed E-state index contributed by atoms with van der Waals surface area (Å²) in [6.45, 7) is 5.86. The zero-order valence-corrected chi connectivity index (χ0v) is 14.7. The molecule has 1 aromatic carbocycles. The number of aliphatic hydroxyl groups excluding tert-OH is 1. The van der Waals surface area contributed by atoms with E-state index in [9.17, 15) is 9.90 Å². The fourth-order valence-corrected chi connectivity index (χ4v) is 3.29. The van der Waals surface area contributed by atoms with Crippen molar-refractivity contribution in [1.82, 2.24) is 25.6 Å². The zero-order valence-electron chi connectivity index (χ0n) is 14.7. The Labute approximate surface area is 147 Å². The third-order valence-electron chi connectivity index (χ3n) is 4.80. The Bertz CT molecular complexity index is 737. The average Bonchev–Trinajstić information content (AvgIpc) is 3.02. The third-order valence-corrected chi connectivity index (χ3v) is 4.80. The van der Waals surface area contributed by atoms with E-state index in [0.717, 1.165) is 42.8 Å². The Kier molecular flexibility index (Phi) is 5.45. The molecule has 2 aromatic rings. The van der Waals surface area contributed by atoms with E-state index in [-0.39, 0.29) is 18.5 Å². The van der Waals surface area contributed by atoms with Crippen LogP contribution in [0.4, 0.5) is 0 Å². The van der Waals surface area contributed by atoms with Gasteiger partial charge in [-0.15, -0.1) is 5.10 Å². The van der Waals surface area contributed by atoms with Gasteiger partial charge in [-0.05, 0) is 50.9 Å². The van der Waals surface area contributed by atoms with Gasteiger partial charge in [0.1, 0.15) is 0 Å². The van der Waals surface area contributed by atoms with Gasteiger partial charge in [-0.25, -0.2) is 4.68 Å². The van der Waals surface area contributed by atoms with Crippen molar-refractivity contribution in [2.75, 3.05) is 19.6 Å². The monoisotopic (exact) mass is 343 g/mol. The van der Waals surface area contributed by atoms with E-state index in [1.54, 1.807) is 0 Å². The molecule has 0 saturated carbocycles. The van der Waals surface area contributed by atoms with E-state index in [1.807, 2.05) is 42.8 Å². The lowest BCUT2D eigenvalue weighted by Crippen LogP contribution is -2.31. The summed E-state index contributed by atoms with van der Waals surface area (Å²) in [6, 6.07) is 7.89. The van der Waals surface area contributed by atoms with Crippen molar-refractivity contribution in [3.05, 3.63) is 46.8 Å². The molecule has 0 radical (unpaired) electrons. The topological polar surface area (TPSA) is 92.1 Å². The number of aromatic nitrogens is 3. The fraction of sp³-hybridized carbons (Fsp3) is 0.500. The van der Waals surface area contributed by atoms with E-state index in [2.05, 4.69) is 20.9 Å². The lowest BCUT2D eigenvalue weighted by atomic mass is 10.0. The molecule has 1 atom stereocenters. The molecule has 1 unspecified atom stereocenters. The molecule has 2 heterocycles. The van der Waals surface area contributed by atoms with Crippen LogP contribution in [0.3, 0.4) is 0 Å². The van der Waals surface area contributed by atoms with E-state index >= 15 is 0 Å². The number of nitrogens with one attached hydrogen (secondary N) is 2. The van der Waals surface area contributed by atoms with E-state index in [1.165, 1.54) is 0 Å². The molecule has 3 rings (SSSR count). The molecule has 3 N–H and O–H groups in total. The Morgan fingerprint density at radius 1 is 1.36 bits per heavy atom. The molecule has 1 amide bonds. The first kappa shape index (κ1) is 17.6. The van der Waals surface area contributed by atoms with Crippen LogP contribution in [-0.4, -0.2) is 45.6 Å². The molecule has 0 aliphatic carbocycles. The highest BCUT2D eigenvalue weighted by atomic mass is 16.3. The van der Waals surface area contributed by atoms with E-state index in [0.29, 0.717) is 5.69 Å². The highest BCUT2D eigenvalue weighted by Gasteiger charge is 2.23. The number of benzene rings is 1. The number of rotatable bonds is 5. The number of carbonyl (C=O) groups excluding carboxylic acids is 1. The number of carbonyl (C=O) groups is 1. The SMILES string of the molecule is Cc1ccccc1C(O)CNC(=O)c1nnn(C2CCNCC2)c1C. The smallest absolute Gasteiger partial charge is 0.273 e. The normalized spacial score (nSPS) is 16.6. The molecular weight excluding hydrogens is 318 g/mol. The van der Waals surface area contributed by atoms with Gasteiger partial charge < -0.3 is 15.7 Å². The maximum Gasteiger partial charge on any atom is 0.273 e. The van der Waals surface area contributed by atoms with Crippen molar-refractivity contribution in [1.29, 1.82) is 0 Å². The molecule has 1 aliphatic rings. The molecule has 7 heteroatoms. The first-order valence-corrected chi connectivity index (χ1v) is 8.72. The summed E-state index contributed by atoms with van der Waals surface area (Å²) in [5.74, 6) is -0.301. The van der Waals surface area contributed by atoms with Crippen molar-refractivity contribution in [3.8, 4) is 0 Å². The molecule has 7 nitrogen and oxygen atoms in total. The van der Waals surface area contributed by atoms with Crippen LogP contribution >= 0.6 is 0 Å². The summed E-state index contributed by atoms with van der Waals surface area (Å²) in [5.41, 5.74) is 2.92.